The molecule has 1 N–H and O–H groups in total. The van der Waals surface area contributed by atoms with E-state index in [9.17, 15) is 14.4 Å². The fraction of sp³-hybridized carbons (Fsp3) is 0.469. The van der Waals surface area contributed by atoms with Crippen LogP contribution in [0.2, 0.25) is 0 Å². The molecule has 5 rings (SSSR count). The lowest BCUT2D eigenvalue weighted by atomic mass is 9.80. The molecule has 0 bridgehead atoms. The molecular formula is C32H38N2O4. The third-order valence-electron chi connectivity index (χ3n) is 8.57. The predicted molar refractivity (Wildman–Crippen MR) is 148 cm³/mol. The molecule has 1 aliphatic heterocycles. The number of benzene rings is 2. The summed E-state index contributed by atoms with van der Waals surface area (Å²) < 4.78 is 5.11. The molecule has 2 heterocycles. The largest absolute Gasteiger partial charge is 0.461 e. The van der Waals surface area contributed by atoms with Crippen LogP contribution < -0.4 is 0 Å². The molecule has 2 atom stereocenters. The molecule has 1 unspecified atom stereocenters. The molecule has 0 spiro atoms. The maximum Gasteiger partial charge on any atom is 0.354 e. The minimum atomic E-state index is -0.453. The zero-order valence-corrected chi connectivity index (χ0v) is 22.4. The summed E-state index contributed by atoms with van der Waals surface area (Å²) in [6.07, 6.45) is 6.29. The number of fused-ring (bicyclic) bond motifs is 1. The minimum absolute atomic E-state index is 0.00559. The molecule has 2 aromatic carbocycles. The highest BCUT2D eigenvalue weighted by Crippen LogP contribution is 2.38. The van der Waals surface area contributed by atoms with Crippen LogP contribution in [-0.4, -0.2) is 46.7 Å². The quantitative estimate of drug-likeness (QED) is 0.371. The number of nitrogens with one attached hydrogen (secondary N) is 1. The molecule has 38 heavy (non-hydrogen) atoms. The van der Waals surface area contributed by atoms with E-state index in [1.165, 1.54) is 6.42 Å². The molecule has 1 aliphatic carbocycles. The molecule has 6 heteroatoms. The van der Waals surface area contributed by atoms with E-state index in [4.69, 9.17) is 4.74 Å². The van der Waals surface area contributed by atoms with Gasteiger partial charge < -0.3 is 14.6 Å². The van der Waals surface area contributed by atoms with Crippen LogP contribution in [0, 0.1) is 11.8 Å². The highest BCUT2D eigenvalue weighted by Gasteiger charge is 2.44. The molecule has 1 aromatic heterocycles. The summed E-state index contributed by atoms with van der Waals surface area (Å²) in [5.41, 5.74) is 3.23. The fourth-order valence-corrected chi connectivity index (χ4v) is 6.46. The second kappa shape index (κ2) is 11.5. The summed E-state index contributed by atoms with van der Waals surface area (Å²) in [6, 6.07) is 17.3. The van der Waals surface area contributed by atoms with Crippen molar-refractivity contribution >= 4 is 28.6 Å². The zero-order chi connectivity index (χ0) is 26.6. The van der Waals surface area contributed by atoms with Gasteiger partial charge in [-0.2, -0.15) is 0 Å². The Labute approximate surface area is 224 Å². The Morgan fingerprint density at radius 1 is 0.947 bits per heavy atom. The monoisotopic (exact) mass is 514 g/mol. The van der Waals surface area contributed by atoms with Gasteiger partial charge >= 0.3 is 5.97 Å². The van der Waals surface area contributed by atoms with Gasteiger partial charge in [0.25, 0.3) is 0 Å². The van der Waals surface area contributed by atoms with Gasteiger partial charge in [-0.1, -0.05) is 49.7 Å². The van der Waals surface area contributed by atoms with Gasteiger partial charge in [0.2, 0.25) is 5.91 Å². The van der Waals surface area contributed by atoms with Gasteiger partial charge in [0, 0.05) is 35.7 Å². The lowest BCUT2D eigenvalue weighted by molar-refractivity contribution is -0.142. The Kier molecular flexibility index (Phi) is 7.96. The number of carbonyl (C=O) groups excluding carboxylic acids is 3. The minimum Gasteiger partial charge on any atom is -0.461 e. The first-order valence-corrected chi connectivity index (χ1v) is 14.1. The summed E-state index contributed by atoms with van der Waals surface area (Å²) in [5.74, 6) is 0.607. The van der Waals surface area contributed by atoms with Crippen molar-refractivity contribution in [3.63, 3.8) is 0 Å². The summed E-state index contributed by atoms with van der Waals surface area (Å²) >= 11 is 0. The molecule has 3 aromatic rings. The Morgan fingerprint density at radius 2 is 1.71 bits per heavy atom. The molecule has 0 radical (unpaired) electrons. The van der Waals surface area contributed by atoms with Crippen molar-refractivity contribution in [1.29, 1.82) is 0 Å². The number of carbonyl (C=O) groups is 3. The second-order valence-corrected chi connectivity index (χ2v) is 10.9. The van der Waals surface area contributed by atoms with Crippen LogP contribution in [-0.2, 0) is 20.7 Å². The molecule has 1 saturated heterocycles. The first-order chi connectivity index (χ1) is 18.5. The van der Waals surface area contributed by atoms with E-state index in [2.05, 4.69) is 24.0 Å². The van der Waals surface area contributed by atoms with E-state index >= 15 is 0 Å². The van der Waals surface area contributed by atoms with Gasteiger partial charge in [0.05, 0.1) is 12.6 Å². The Balaban J connectivity index is 1.38. The standard InChI is InChI=1S/C32H38N2O4/c1-3-21-10-13-24(14-11-21)31(36)34-17-16-26(23-8-6-5-7-9-23)30(34)29(35)19-22-12-15-27-25(18-22)20-28(33-27)32(37)38-4-2/h5-9,12,15,18,20-21,24,26,30,33H,3-4,10-11,13-14,16-17,19H2,1-2H3/t21?,24?,26?,30-/m0/s1. The number of H-pyrrole nitrogens is 1. The molecular weight excluding hydrogens is 476 g/mol. The molecule has 6 nitrogen and oxygen atoms in total. The number of Topliss-reactive ketones (excluding diaryl/α,β-unsaturated/α-hetero) is 1. The Bertz CT molecular complexity index is 1290. The van der Waals surface area contributed by atoms with Crippen LogP contribution >= 0.6 is 0 Å². The van der Waals surface area contributed by atoms with Gasteiger partial charge in [-0.25, -0.2) is 4.79 Å². The average molecular weight is 515 g/mol. The number of aromatic amines is 1. The van der Waals surface area contributed by atoms with Crippen LogP contribution in [0.3, 0.4) is 0 Å². The first-order valence-electron chi connectivity index (χ1n) is 14.1. The van der Waals surface area contributed by atoms with Gasteiger partial charge in [-0.15, -0.1) is 0 Å². The van der Waals surface area contributed by atoms with Crippen molar-refractivity contribution < 1.29 is 19.1 Å². The smallest absolute Gasteiger partial charge is 0.354 e. The summed E-state index contributed by atoms with van der Waals surface area (Å²) in [5, 5.41) is 0.866. The Morgan fingerprint density at radius 3 is 2.42 bits per heavy atom. The lowest BCUT2D eigenvalue weighted by Crippen LogP contribution is -2.46. The molecule has 200 valence electrons. The maximum absolute atomic E-state index is 14.0. The van der Waals surface area contributed by atoms with Gasteiger partial charge in [0.15, 0.2) is 5.78 Å². The van der Waals surface area contributed by atoms with E-state index < -0.39 is 6.04 Å². The number of aromatic nitrogens is 1. The predicted octanol–water partition coefficient (Wildman–Crippen LogP) is 6.06. The highest BCUT2D eigenvalue weighted by atomic mass is 16.5. The summed E-state index contributed by atoms with van der Waals surface area (Å²) in [4.78, 5) is 44.9. The van der Waals surface area contributed by atoms with Crippen LogP contribution in [0.25, 0.3) is 10.9 Å². The maximum atomic E-state index is 14.0. The zero-order valence-electron chi connectivity index (χ0n) is 22.4. The third-order valence-corrected chi connectivity index (χ3v) is 8.57. The first kappa shape index (κ1) is 26.2. The second-order valence-electron chi connectivity index (χ2n) is 10.9. The van der Waals surface area contributed by atoms with Gasteiger partial charge in [-0.3, -0.25) is 9.59 Å². The average Bonchev–Trinajstić information content (AvgIpc) is 3.58. The van der Waals surface area contributed by atoms with Crippen molar-refractivity contribution in [3.8, 4) is 0 Å². The van der Waals surface area contributed by atoms with Crippen LogP contribution in [0.4, 0.5) is 0 Å². The van der Waals surface area contributed by atoms with E-state index in [-0.39, 0.29) is 35.9 Å². The van der Waals surface area contributed by atoms with Crippen LogP contribution in [0.5, 0.6) is 0 Å². The lowest BCUT2D eigenvalue weighted by Gasteiger charge is -2.33. The molecule has 2 fully saturated rings. The van der Waals surface area contributed by atoms with Crippen molar-refractivity contribution in [2.24, 2.45) is 11.8 Å². The number of rotatable bonds is 8. The van der Waals surface area contributed by atoms with E-state index in [1.807, 2.05) is 41.3 Å². The topological polar surface area (TPSA) is 79.5 Å². The molecule has 1 amide bonds. The van der Waals surface area contributed by atoms with E-state index in [1.54, 1.807) is 13.0 Å². The van der Waals surface area contributed by atoms with Crippen molar-refractivity contribution in [2.75, 3.05) is 13.2 Å². The van der Waals surface area contributed by atoms with E-state index in [0.29, 0.717) is 18.8 Å². The SMILES string of the molecule is CCOC(=O)c1cc2cc(CC(=O)[C@@H]3C(c4ccccc4)CCN3C(=O)C3CCC(CC)CC3)ccc2[nH]1. The van der Waals surface area contributed by atoms with Crippen molar-refractivity contribution in [1.82, 2.24) is 9.88 Å². The van der Waals surface area contributed by atoms with Crippen molar-refractivity contribution in [2.45, 2.75) is 70.8 Å². The number of amides is 1. The normalized spacial score (nSPS) is 23.5. The number of likely N-dealkylation sites (tertiary alicyclic amines) is 1. The van der Waals surface area contributed by atoms with Crippen molar-refractivity contribution in [3.05, 3.63) is 71.4 Å². The number of hydrogen-bond donors (Lipinski definition) is 1. The van der Waals surface area contributed by atoms with Gasteiger partial charge in [0.1, 0.15) is 5.69 Å². The number of ketones is 1. The summed E-state index contributed by atoms with van der Waals surface area (Å²) in [7, 11) is 0. The Hall–Kier alpha value is -3.41. The summed E-state index contributed by atoms with van der Waals surface area (Å²) in [6.45, 7) is 4.95. The number of nitrogens with zero attached hydrogens (tertiary/aromatic N) is 1. The van der Waals surface area contributed by atoms with E-state index in [0.717, 1.165) is 60.1 Å². The molecule has 1 saturated carbocycles. The highest BCUT2D eigenvalue weighted by molar-refractivity contribution is 5.96. The number of ether oxygens (including phenoxy) is 1. The fourth-order valence-electron chi connectivity index (χ4n) is 6.46. The third kappa shape index (κ3) is 5.40. The van der Waals surface area contributed by atoms with Crippen LogP contribution in [0.15, 0.2) is 54.6 Å². The van der Waals surface area contributed by atoms with Crippen LogP contribution in [0.1, 0.15) is 79.9 Å². The number of hydrogen-bond acceptors (Lipinski definition) is 4. The van der Waals surface area contributed by atoms with Gasteiger partial charge in [-0.05, 0) is 74.3 Å². The molecule has 2 aliphatic rings. The number of esters is 1.